The van der Waals surface area contributed by atoms with Crippen LogP contribution in [-0.4, -0.2) is 51.9 Å². The van der Waals surface area contributed by atoms with E-state index in [4.69, 9.17) is 9.47 Å². The normalized spacial score (nSPS) is 21.2. The number of piperidine rings is 1. The summed E-state index contributed by atoms with van der Waals surface area (Å²) in [5, 5.41) is 4.52. The second kappa shape index (κ2) is 10.6. The van der Waals surface area contributed by atoms with Gasteiger partial charge in [-0.3, -0.25) is 4.68 Å². The second-order valence-corrected chi connectivity index (χ2v) is 10.9. The molecule has 39 heavy (non-hydrogen) atoms. The number of anilines is 1. The summed E-state index contributed by atoms with van der Waals surface area (Å²) >= 11 is 0. The summed E-state index contributed by atoms with van der Waals surface area (Å²) in [6.45, 7) is 4.02. The molecule has 0 saturated carbocycles. The van der Waals surface area contributed by atoms with E-state index >= 15 is 0 Å². The molecule has 0 bridgehead atoms. The SMILES string of the molecule is Fc1cccc2c1C(C1CCN(c3ccc(-c4cnn(CCOC5CCCCO5)c4)cc3)CC1)n1cncc1-2. The van der Waals surface area contributed by atoms with Crippen LogP contribution in [-0.2, 0) is 16.0 Å². The molecule has 2 fully saturated rings. The Balaban J connectivity index is 0.965. The first-order chi connectivity index (χ1) is 19.2. The molecule has 0 aliphatic carbocycles. The molecule has 4 aromatic rings. The first-order valence-electron chi connectivity index (χ1n) is 14.2. The molecule has 0 N–H and O–H groups in total. The number of hydrogen-bond acceptors (Lipinski definition) is 5. The maximum Gasteiger partial charge on any atom is 0.157 e. The summed E-state index contributed by atoms with van der Waals surface area (Å²) in [6, 6.07) is 14.2. The lowest BCUT2D eigenvalue weighted by molar-refractivity contribution is -0.163. The summed E-state index contributed by atoms with van der Waals surface area (Å²) in [6.07, 6.45) is 13.0. The van der Waals surface area contributed by atoms with Crippen molar-refractivity contribution in [1.29, 1.82) is 0 Å². The summed E-state index contributed by atoms with van der Waals surface area (Å²) in [7, 11) is 0. The van der Waals surface area contributed by atoms with Crippen molar-refractivity contribution in [2.24, 2.45) is 5.92 Å². The van der Waals surface area contributed by atoms with E-state index in [0.717, 1.165) is 73.3 Å². The molecule has 7 nitrogen and oxygen atoms in total. The first-order valence-corrected chi connectivity index (χ1v) is 14.2. The van der Waals surface area contributed by atoms with Gasteiger partial charge in [0, 0.05) is 48.3 Å². The molecular weight excluding hydrogens is 493 g/mol. The van der Waals surface area contributed by atoms with Gasteiger partial charge in [0.1, 0.15) is 5.82 Å². The predicted molar refractivity (Wildman–Crippen MR) is 148 cm³/mol. The van der Waals surface area contributed by atoms with Crippen molar-refractivity contribution in [3.63, 3.8) is 0 Å². The van der Waals surface area contributed by atoms with E-state index in [0.29, 0.717) is 19.1 Å². The lowest BCUT2D eigenvalue weighted by atomic mass is 9.85. The van der Waals surface area contributed by atoms with Crippen LogP contribution in [0.15, 0.2) is 67.4 Å². The molecule has 2 aromatic heterocycles. The molecular formula is C31H34FN5O2. The van der Waals surface area contributed by atoms with Crippen molar-refractivity contribution in [3.8, 4) is 22.4 Å². The van der Waals surface area contributed by atoms with Crippen molar-refractivity contribution in [2.45, 2.75) is 51.0 Å². The Labute approximate surface area is 228 Å². The third-order valence-electron chi connectivity index (χ3n) is 8.54. The summed E-state index contributed by atoms with van der Waals surface area (Å²) in [4.78, 5) is 6.81. The zero-order valence-corrected chi connectivity index (χ0v) is 22.1. The van der Waals surface area contributed by atoms with Gasteiger partial charge in [-0.05, 0) is 61.8 Å². The molecule has 2 saturated heterocycles. The smallest absolute Gasteiger partial charge is 0.157 e. The van der Waals surface area contributed by atoms with Gasteiger partial charge in [0.15, 0.2) is 6.29 Å². The fourth-order valence-electron chi connectivity index (χ4n) is 6.49. The van der Waals surface area contributed by atoms with Crippen LogP contribution in [0.1, 0.15) is 43.7 Å². The number of hydrogen-bond donors (Lipinski definition) is 0. The average Bonchev–Trinajstić information content (AvgIpc) is 3.71. The van der Waals surface area contributed by atoms with Crippen LogP contribution < -0.4 is 4.90 Å². The van der Waals surface area contributed by atoms with Crippen LogP contribution in [0, 0.1) is 11.7 Å². The third-order valence-corrected chi connectivity index (χ3v) is 8.54. The van der Waals surface area contributed by atoms with Gasteiger partial charge in [0.25, 0.3) is 0 Å². The zero-order chi connectivity index (χ0) is 26.2. The average molecular weight is 528 g/mol. The van der Waals surface area contributed by atoms with Crippen molar-refractivity contribution in [3.05, 3.63) is 78.8 Å². The van der Waals surface area contributed by atoms with E-state index in [1.807, 2.05) is 29.5 Å². The van der Waals surface area contributed by atoms with Crippen LogP contribution in [0.3, 0.4) is 0 Å². The Morgan fingerprint density at radius 1 is 0.974 bits per heavy atom. The minimum absolute atomic E-state index is 0.0281. The molecule has 0 amide bonds. The highest BCUT2D eigenvalue weighted by molar-refractivity contribution is 5.69. The highest BCUT2D eigenvalue weighted by atomic mass is 19.1. The van der Waals surface area contributed by atoms with Gasteiger partial charge < -0.3 is 18.9 Å². The molecule has 2 unspecified atom stereocenters. The number of fused-ring (bicyclic) bond motifs is 3. The van der Waals surface area contributed by atoms with Gasteiger partial charge in [-0.2, -0.15) is 5.10 Å². The van der Waals surface area contributed by atoms with Gasteiger partial charge in [-0.1, -0.05) is 24.3 Å². The van der Waals surface area contributed by atoms with Crippen molar-refractivity contribution in [1.82, 2.24) is 19.3 Å². The van der Waals surface area contributed by atoms with E-state index in [9.17, 15) is 4.39 Å². The first kappa shape index (κ1) is 24.5. The molecule has 2 atom stereocenters. The highest BCUT2D eigenvalue weighted by Crippen LogP contribution is 2.47. The highest BCUT2D eigenvalue weighted by Gasteiger charge is 2.38. The van der Waals surface area contributed by atoms with E-state index < -0.39 is 0 Å². The number of benzene rings is 2. The lowest BCUT2D eigenvalue weighted by Gasteiger charge is -2.37. The molecule has 2 aromatic carbocycles. The van der Waals surface area contributed by atoms with E-state index in [2.05, 4.69) is 50.0 Å². The van der Waals surface area contributed by atoms with Crippen LogP contribution in [0.2, 0.25) is 0 Å². The van der Waals surface area contributed by atoms with Crippen molar-refractivity contribution < 1.29 is 13.9 Å². The fourth-order valence-corrected chi connectivity index (χ4v) is 6.49. The maximum atomic E-state index is 14.9. The third kappa shape index (κ3) is 4.76. The number of nitrogens with zero attached hydrogens (tertiary/aromatic N) is 5. The van der Waals surface area contributed by atoms with Crippen LogP contribution in [0.4, 0.5) is 10.1 Å². The lowest BCUT2D eigenvalue weighted by Crippen LogP contribution is -2.36. The van der Waals surface area contributed by atoms with E-state index in [1.165, 1.54) is 12.1 Å². The van der Waals surface area contributed by atoms with Gasteiger partial charge in [-0.15, -0.1) is 0 Å². The zero-order valence-electron chi connectivity index (χ0n) is 22.1. The number of aromatic nitrogens is 4. The Morgan fingerprint density at radius 2 is 1.85 bits per heavy atom. The molecule has 5 heterocycles. The van der Waals surface area contributed by atoms with Gasteiger partial charge in [0.05, 0.1) is 43.6 Å². The molecule has 7 rings (SSSR count). The molecule has 8 heteroatoms. The van der Waals surface area contributed by atoms with E-state index in [-0.39, 0.29) is 18.1 Å². The topological polar surface area (TPSA) is 57.3 Å². The Morgan fingerprint density at radius 3 is 2.67 bits per heavy atom. The second-order valence-electron chi connectivity index (χ2n) is 10.9. The minimum Gasteiger partial charge on any atom is -0.372 e. The van der Waals surface area contributed by atoms with E-state index in [1.54, 1.807) is 12.1 Å². The Hall–Kier alpha value is -3.49. The van der Waals surface area contributed by atoms with Crippen LogP contribution >= 0.6 is 0 Å². The number of halogens is 1. The minimum atomic E-state index is -0.103. The molecule has 202 valence electrons. The Kier molecular flexibility index (Phi) is 6.66. The van der Waals surface area contributed by atoms with Gasteiger partial charge >= 0.3 is 0 Å². The standard InChI is InChI=1S/C31H34FN5O2/c32-27-5-3-4-26-28-19-33-21-37(28)31(30(26)27)23-11-13-35(14-12-23)25-9-7-22(8-10-25)24-18-34-36(20-24)15-17-39-29-6-1-2-16-38-29/h3-5,7-10,18-21,23,29,31H,1-2,6,11-17H2. The summed E-state index contributed by atoms with van der Waals surface area (Å²) < 4.78 is 30.5. The number of imidazole rings is 1. The van der Waals surface area contributed by atoms with Gasteiger partial charge in [-0.25, -0.2) is 9.37 Å². The summed E-state index contributed by atoms with van der Waals surface area (Å²) in [5.74, 6) is 0.277. The number of ether oxygens (including phenoxy) is 2. The van der Waals surface area contributed by atoms with Crippen LogP contribution in [0.25, 0.3) is 22.4 Å². The quantitative estimate of drug-likeness (QED) is 0.299. The predicted octanol–water partition coefficient (Wildman–Crippen LogP) is 5.92. The largest absolute Gasteiger partial charge is 0.372 e. The van der Waals surface area contributed by atoms with Crippen molar-refractivity contribution >= 4 is 5.69 Å². The fraction of sp³-hybridized carbons (Fsp3) is 0.419. The van der Waals surface area contributed by atoms with Gasteiger partial charge in [0.2, 0.25) is 0 Å². The molecule has 0 spiro atoms. The Bertz CT molecular complexity index is 1420. The molecule has 3 aliphatic heterocycles. The molecule has 0 radical (unpaired) electrons. The van der Waals surface area contributed by atoms with Crippen molar-refractivity contribution in [2.75, 3.05) is 31.2 Å². The monoisotopic (exact) mass is 527 g/mol. The number of rotatable bonds is 7. The maximum absolute atomic E-state index is 14.9. The van der Waals surface area contributed by atoms with Crippen LogP contribution in [0.5, 0.6) is 0 Å². The summed E-state index contributed by atoms with van der Waals surface area (Å²) in [5.41, 5.74) is 6.35. The molecule has 3 aliphatic rings.